The molecule has 0 bridgehead atoms. The molecule has 102 valence electrons. The lowest BCUT2D eigenvalue weighted by molar-refractivity contribution is -0.0711. The van der Waals surface area contributed by atoms with Crippen LogP contribution < -0.4 is 10.6 Å². The summed E-state index contributed by atoms with van der Waals surface area (Å²) in [7, 11) is 0. The van der Waals surface area contributed by atoms with Crippen LogP contribution in [-0.2, 0) is 0 Å². The van der Waals surface area contributed by atoms with Crippen LogP contribution >= 0.6 is 0 Å². The van der Waals surface area contributed by atoms with Crippen LogP contribution in [0.15, 0.2) is 24.3 Å². The largest absolute Gasteiger partial charge is 0.390 e. The smallest absolute Gasteiger partial charge is 0.289 e. The lowest BCUT2D eigenvalue weighted by Gasteiger charge is -2.24. The van der Waals surface area contributed by atoms with Gasteiger partial charge in [-0.3, -0.25) is 0 Å². The van der Waals surface area contributed by atoms with Crippen molar-refractivity contribution in [2.75, 3.05) is 24.6 Å². The van der Waals surface area contributed by atoms with Crippen molar-refractivity contribution in [3.63, 3.8) is 0 Å². The summed E-state index contributed by atoms with van der Waals surface area (Å²) in [6, 6.07) is 5.24. The normalized spacial score (nSPS) is 13.4. The molecule has 0 amide bonds. The van der Waals surface area contributed by atoms with Crippen LogP contribution in [0, 0.1) is 0 Å². The van der Waals surface area contributed by atoms with Crippen LogP contribution in [0.4, 0.5) is 14.5 Å². The molecule has 0 radical (unpaired) electrons. The maximum absolute atomic E-state index is 13.2. The Bertz CT molecular complexity index is 364. The summed E-state index contributed by atoms with van der Waals surface area (Å²) in [5.74, 6) is -3.29. The first kappa shape index (κ1) is 14.9. The molecule has 3 nitrogen and oxygen atoms in total. The third kappa shape index (κ3) is 3.17. The molecule has 0 spiro atoms. The molecule has 0 heterocycles. The molecular formula is C13H20F2N2O. The summed E-state index contributed by atoms with van der Waals surface area (Å²) in [5, 5.41) is 8.61. The Hall–Kier alpha value is -1.20. The van der Waals surface area contributed by atoms with Crippen LogP contribution in [-0.4, -0.2) is 30.7 Å². The van der Waals surface area contributed by atoms with Gasteiger partial charge in [-0.25, -0.2) is 8.78 Å². The highest BCUT2D eigenvalue weighted by Crippen LogP contribution is 2.29. The Morgan fingerprint density at radius 3 is 2.11 bits per heavy atom. The fourth-order valence-electron chi connectivity index (χ4n) is 1.82. The van der Waals surface area contributed by atoms with Gasteiger partial charge in [0.25, 0.3) is 5.92 Å². The van der Waals surface area contributed by atoms with Crippen LogP contribution in [0.3, 0.4) is 0 Å². The van der Waals surface area contributed by atoms with E-state index in [0.29, 0.717) is 5.56 Å². The molecule has 18 heavy (non-hydrogen) atoms. The zero-order chi connectivity index (χ0) is 13.8. The van der Waals surface area contributed by atoms with Gasteiger partial charge in [0, 0.05) is 18.8 Å². The number of nitrogens with two attached hydrogens (primary N) is 1. The quantitative estimate of drug-likeness (QED) is 0.822. The molecule has 0 saturated carbocycles. The second-order valence-corrected chi connectivity index (χ2v) is 4.16. The number of nitrogens with zero attached hydrogens (tertiary/aromatic N) is 1. The van der Waals surface area contributed by atoms with E-state index in [1.54, 1.807) is 24.3 Å². The van der Waals surface area contributed by atoms with Crippen molar-refractivity contribution in [2.45, 2.75) is 25.8 Å². The first-order valence-corrected chi connectivity index (χ1v) is 6.05. The van der Waals surface area contributed by atoms with Crippen LogP contribution in [0.5, 0.6) is 0 Å². The molecule has 0 aromatic heterocycles. The van der Waals surface area contributed by atoms with Crippen molar-refractivity contribution < 1.29 is 13.9 Å². The first-order valence-electron chi connectivity index (χ1n) is 6.05. The lowest BCUT2D eigenvalue weighted by atomic mass is 10.0. The summed E-state index contributed by atoms with van der Waals surface area (Å²) in [4.78, 5) is 2.11. The molecule has 0 unspecified atom stereocenters. The molecule has 0 fully saturated rings. The number of alkyl halides is 2. The molecular weight excluding hydrogens is 238 g/mol. The van der Waals surface area contributed by atoms with Crippen molar-refractivity contribution in [3.05, 3.63) is 29.8 Å². The number of hydrogen-bond donors (Lipinski definition) is 2. The molecule has 1 aromatic carbocycles. The second-order valence-electron chi connectivity index (χ2n) is 4.16. The number of hydrogen-bond acceptors (Lipinski definition) is 3. The predicted molar refractivity (Wildman–Crippen MR) is 69.0 cm³/mol. The van der Waals surface area contributed by atoms with E-state index in [1.165, 1.54) is 0 Å². The number of halogens is 2. The molecule has 0 aliphatic heterocycles. The molecule has 5 heteroatoms. The topological polar surface area (TPSA) is 49.5 Å². The minimum atomic E-state index is -3.29. The monoisotopic (exact) mass is 258 g/mol. The van der Waals surface area contributed by atoms with Crippen molar-refractivity contribution in [2.24, 2.45) is 5.73 Å². The molecule has 1 atom stereocenters. The van der Waals surface area contributed by atoms with Gasteiger partial charge in [-0.2, -0.15) is 0 Å². The van der Waals surface area contributed by atoms with Crippen molar-refractivity contribution in [1.29, 1.82) is 0 Å². The van der Waals surface area contributed by atoms with Crippen molar-refractivity contribution >= 4 is 5.69 Å². The van der Waals surface area contributed by atoms with Gasteiger partial charge in [0.15, 0.2) is 0 Å². The molecule has 0 saturated heterocycles. The van der Waals surface area contributed by atoms with Gasteiger partial charge in [-0.05, 0) is 31.5 Å². The van der Waals surface area contributed by atoms with Crippen LogP contribution in [0.2, 0.25) is 0 Å². The molecule has 1 rings (SSSR count). The highest BCUT2D eigenvalue weighted by Gasteiger charge is 2.37. The van der Waals surface area contributed by atoms with Crippen LogP contribution in [0.25, 0.3) is 0 Å². The van der Waals surface area contributed by atoms with E-state index in [0.717, 1.165) is 18.8 Å². The second kappa shape index (κ2) is 6.11. The molecule has 1 aromatic rings. The fourth-order valence-corrected chi connectivity index (χ4v) is 1.82. The summed E-state index contributed by atoms with van der Waals surface area (Å²) in [5.41, 5.74) is 6.75. The zero-order valence-electron chi connectivity index (χ0n) is 10.7. The van der Waals surface area contributed by atoms with E-state index >= 15 is 0 Å². The van der Waals surface area contributed by atoms with Crippen LogP contribution in [0.1, 0.15) is 25.5 Å². The van der Waals surface area contributed by atoms with Gasteiger partial charge in [0.2, 0.25) is 0 Å². The van der Waals surface area contributed by atoms with Gasteiger partial charge >= 0.3 is 0 Å². The van der Waals surface area contributed by atoms with Gasteiger partial charge in [0.05, 0.1) is 6.04 Å². The van der Waals surface area contributed by atoms with E-state index in [1.807, 2.05) is 13.8 Å². The Morgan fingerprint density at radius 1 is 1.22 bits per heavy atom. The van der Waals surface area contributed by atoms with Crippen molar-refractivity contribution in [3.8, 4) is 0 Å². The molecule has 3 N–H and O–H groups in total. The van der Waals surface area contributed by atoms with E-state index in [-0.39, 0.29) is 0 Å². The Morgan fingerprint density at radius 2 is 1.72 bits per heavy atom. The molecule has 0 aliphatic rings. The Balaban J connectivity index is 2.89. The van der Waals surface area contributed by atoms with Crippen molar-refractivity contribution in [1.82, 2.24) is 0 Å². The predicted octanol–water partition coefficient (Wildman–Crippen LogP) is 2.16. The van der Waals surface area contributed by atoms with Gasteiger partial charge in [-0.15, -0.1) is 0 Å². The summed E-state index contributed by atoms with van der Waals surface area (Å²) in [6.45, 7) is 4.53. The fraction of sp³-hybridized carbons (Fsp3) is 0.538. The Labute approximate surface area is 106 Å². The summed E-state index contributed by atoms with van der Waals surface area (Å²) >= 11 is 0. The number of anilines is 1. The standard InChI is InChI=1S/C13H20F2N2O/c1-3-17(4-2)11-7-5-10(6-8-11)12(16)13(14,15)9-18/h5-8,12,18H,3-4,9,16H2,1-2H3/t12-/m0/s1. The van der Waals surface area contributed by atoms with Gasteiger partial charge in [0.1, 0.15) is 6.61 Å². The minimum Gasteiger partial charge on any atom is -0.390 e. The van der Waals surface area contributed by atoms with E-state index in [4.69, 9.17) is 10.8 Å². The van der Waals surface area contributed by atoms with E-state index < -0.39 is 18.6 Å². The number of rotatable bonds is 6. The first-order chi connectivity index (χ1) is 8.46. The minimum absolute atomic E-state index is 0.324. The average Bonchev–Trinajstić information content (AvgIpc) is 2.40. The lowest BCUT2D eigenvalue weighted by Crippen LogP contribution is -2.36. The maximum Gasteiger partial charge on any atom is 0.289 e. The number of aliphatic hydroxyl groups excluding tert-OH is 1. The zero-order valence-corrected chi connectivity index (χ0v) is 10.7. The Kier molecular flexibility index (Phi) is 5.04. The number of aliphatic hydroxyl groups is 1. The number of benzene rings is 1. The SMILES string of the molecule is CCN(CC)c1ccc([C@H](N)C(F)(F)CO)cc1. The highest BCUT2D eigenvalue weighted by atomic mass is 19.3. The van der Waals surface area contributed by atoms with Gasteiger partial charge < -0.3 is 15.7 Å². The highest BCUT2D eigenvalue weighted by molar-refractivity contribution is 5.48. The van der Waals surface area contributed by atoms with E-state index in [2.05, 4.69) is 4.90 Å². The summed E-state index contributed by atoms with van der Waals surface area (Å²) < 4.78 is 26.5. The van der Waals surface area contributed by atoms with Gasteiger partial charge in [-0.1, -0.05) is 12.1 Å². The third-order valence-electron chi connectivity index (χ3n) is 3.05. The molecule has 0 aliphatic carbocycles. The average molecular weight is 258 g/mol. The van der Waals surface area contributed by atoms with E-state index in [9.17, 15) is 8.78 Å². The third-order valence-corrected chi connectivity index (χ3v) is 3.05. The maximum atomic E-state index is 13.2. The summed E-state index contributed by atoms with van der Waals surface area (Å²) in [6.07, 6.45) is 0.